The van der Waals surface area contributed by atoms with Crippen LogP contribution < -0.4 is 10.6 Å². The third-order valence-electron chi connectivity index (χ3n) is 3.95. The summed E-state index contributed by atoms with van der Waals surface area (Å²) in [5.74, 6) is -0.0444. The smallest absolute Gasteiger partial charge is 0.255 e. The maximum atomic E-state index is 12.4. The van der Waals surface area contributed by atoms with Crippen molar-refractivity contribution in [2.24, 2.45) is 0 Å². The SMILES string of the molecule is Cc1ccc(C)c(NC(=O)c2ccc3c(c2)CCCN3)c1. The van der Waals surface area contributed by atoms with Crippen LogP contribution >= 0.6 is 0 Å². The average molecular weight is 280 g/mol. The number of hydrogen-bond donors (Lipinski definition) is 2. The van der Waals surface area contributed by atoms with Gasteiger partial charge < -0.3 is 10.6 Å². The highest BCUT2D eigenvalue weighted by molar-refractivity contribution is 6.05. The Morgan fingerprint density at radius 2 is 2.00 bits per heavy atom. The van der Waals surface area contributed by atoms with E-state index in [0.29, 0.717) is 0 Å². The van der Waals surface area contributed by atoms with Crippen LogP contribution in [0.5, 0.6) is 0 Å². The fourth-order valence-corrected chi connectivity index (χ4v) is 2.68. The van der Waals surface area contributed by atoms with Gasteiger partial charge in [-0.1, -0.05) is 12.1 Å². The van der Waals surface area contributed by atoms with E-state index in [1.165, 1.54) is 5.56 Å². The first-order valence-electron chi connectivity index (χ1n) is 7.39. The van der Waals surface area contributed by atoms with Gasteiger partial charge in [0.05, 0.1) is 0 Å². The first-order valence-corrected chi connectivity index (χ1v) is 7.39. The third-order valence-corrected chi connectivity index (χ3v) is 3.95. The number of nitrogens with one attached hydrogen (secondary N) is 2. The van der Waals surface area contributed by atoms with Crippen molar-refractivity contribution in [2.45, 2.75) is 26.7 Å². The molecule has 0 saturated heterocycles. The van der Waals surface area contributed by atoms with Crippen molar-refractivity contribution in [3.63, 3.8) is 0 Å². The number of amides is 1. The summed E-state index contributed by atoms with van der Waals surface area (Å²) in [5.41, 5.74) is 6.22. The van der Waals surface area contributed by atoms with Crippen LogP contribution in [0, 0.1) is 13.8 Å². The molecule has 108 valence electrons. The van der Waals surface area contributed by atoms with Crippen LogP contribution in [0.3, 0.4) is 0 Å². The molecule has 0 radical (unpaired) electrons. The molecule has 2 aromatic carbocycles. The van der Waals surface area contributed by atoms with Crippen molar-refractivity contribution in [3.05, 3.63) is 58.7 Å². The second kappa shape index (κ2) is 5.60. The fourth-order valence-electron chi connectivity index (χ4n) is 2.68. The Kier molecular flexibility index (Phi) is 3.65. The summed E-state index contributed by atoms with van der Waals surface area (Å²) in [6, 6.07) is 12.0. The van der Waals surface area contributed by atoms with Gasteiger partial charge in [0.15, 0.2) is 0 Å². The summed E-state index contributed by atoms with van der Waals surface area (Å²) in [4.78, 5) is 12.4. The lowest BCUT2D eigenvalue weighted by molar-refractivity contribution is 0.102. The summed E-state index contributed by atoms with van der Waals surface area (Å²) in [6.45, 7) is 5.05. The Labute approximate surface area is 125 Å². The molecule has 0 fully saturated rings. The number of aryl methyl sites for hydroxylation is 3. The van der Waals surface area contributed by atoms with E-state index in [9.17, 15) is 4.79 Å². The molecule has 0 bridgehead atoms. The van der Waals surface area contributed by atoms with Gasteiger partial charge in [-0.3, -0.25) is 4.79 Å². The van der Waals surface area contributed by atoms with Crippen LogP contribution in [0.25, 0.3) is 0 Å². The Bertz CT molecular complexity index is 692. The first kappa shape index (κ1) is 13.7. The Hall–Kier alpha value is -2.29. The van der Waals surface area contributed by atoms with Gasteiger partial charge >= 0.3 is 0 Å². The van der Waals surface area contributed by atoms with E-state index in [-0.39, 0.29) is 5.91 Å². The molecular formula is C18H20N2O. The molecule has 0 atom stereocenters. The number of carbonyl (C=O) groups excluding carboxylic acids is 1. The summed E-state index contributed by atoms with van der Waals surface area (Å²) in [6.07, 6.45) is 2.15. The Morgan fingerprint density at radius 1 is 1.14 bits per heavy atom. The van der Waals surface area contributed by atoms with E-state index in [4.69, 9.17) is 0 Å². The van der Waals surface area contributed by atoms with Crippen molar-refractivity contribution >= 4 is 17.3 Å². The Morgan fingerprint density at radius 3 is 2.86 bits per heavy atom. The quantitative estimate of drug-likeness (QED) is 0.875. The van der Waals surface area contributed by atoms with Crippen LogP contribution in [-0.2, 0) is 6.42 Å². The van der Waals surface area contributed by atoms with Gasteiger partial charge in [0.1, 0.15) is 0 Å². The summed E-state index contributed by atoms with van der Waals surface area (Å²) in [7, 11) is 0. The van der Waals surface area contributed by atoms with Gasteiger partial charge in [0.2, 0.25) is 0 Å². The largest absolute Gasteiger partial charge is 0.385 e. The molecule has 3 heteroatoms. The van der Waals surface area contributed by atoms with Gasteiger partial charge in [-0.2, -0.15) is 0 Å². The molecule has 1 amide bonds. The van der Waals surface area contributed by atoms with Gasteiger partial charge in [-0.15, -0.1) is 0 Å². The second-order valence-electron chi connectivity index (χ2n) is 5.67. The van der Waals surface area contributed by atoms with Gasteiger partial charge in [0, 0.05) is 23.5 Å². The van der Waals surface area contributed by atoms with E-state index in [0.717, 1.165) is 47.5 Å². The average Bonchev–Trinajstić information content (AvgIpc) is 2.50. The number of hydrogen-bond acceptors (Lipinski definition) is 2. The highest BCUT2D eigenvalue weighted by atomic mass is 16.1. The Balaban J connectivity index is 1.83. The molecule has 3 rings (SSSR count). The van der Waals surface area contributed by atoms with E-state index < -0.39 is 0 Å². The van der Waals surface area contributed by atoms with Crippen LogP contribution in [-0.4, -0.2) is 12.5 Å². The van der Waals surface area contributed by atoms with Gasteiger partial charge in [-0.25, -0.2) is 0 Å². The topological polar surface area (TPSA) is 41.1 Å². The number of fused-ring (bicyclic) bond motifs is 1. The van der Waals surface area contributed by atoms with Crippen molar-refractivity contribution < 1.29 is 4.79 Å². The zero-order chi connectivity index (χ0) is 14.8. The minimum atomic E-state index is -0.0444. The van der Waals surface area contributed by atoms with E-state index in [1.54, 1.807) is 0 Å². The summed E-state index contributed by atoms with van der Waals surface area (Å²) < 4.78 is 0. The molecule has 3 nitrogen and oxygen atoms in total. The lowest BCUT2D eigenvalue weighted by Crippen LogP contribution is -2.16. The maximum Gasteiger partial charge on any atom is 0.255 e. The normalized spacial score (nSPS) is 13.2. The highest BCUT2D eigenvalue weighted by Gasteiger charge is 2.13. The molecule has 0 aromatic heterocycles. The highest BCUT2D eigenvalue weighted by Crippen LogP contribution is 2.24. The molecule has 1 heterocycles. The number of carbonyl (C=O) groups is 1. The molecule has 0 aliphatic carbocycles. The maximum absolute atomic E-state index is 12.4. The number of anilines is 2. The van der Waals surface area contributed by atoms with Crippen LogP contribution in [0.2, 0.25) is 0 Å². The molecule has 1 aliphatic rings. The van der Waals surface area contributed by atoms with E-state index in [2.05, 4.69) is 16.7 Å². The lowest BCUT2D eigenvalue weighted by atomic mass is 10.0. The molecule has 0 spiro atoms. The standard InChI is InChI=1S/C18H20N2O/c1-12-5-6-13(2)17(10-12)20-18(21)15-7-8-16-14(11-15)4-3-9-19-16/h5-8,10-11,19H,3-4,9H2,1-2H3,(H,20,21). The second-order valence-corrected chi connectivity index (χ2v) is 5.67. The fraction of sp³-hybridized carbons (Fsp3) is 0.278. The van der Waals surface area contributed by atoms with Crippen molar-refractivity contribution in [2.75, 3.05) is 17.2 Å². The molecule has 2 N–H and O–H groups in total. The zero-order valence-electron chi connectivity index (χ0n) is 12.5. The van der Waals surface area contributed by atoms with E-state index in [1.807, 2.05) is 44.2 Å². The number of rotatable bonds is 2. The minimum Gasteiger partial charge on any atom is -0.385 e. The van der Waals surface area contributed by atoms with Crippen molar-refractivity contribution in [1.82, 2.24) is 0 Å². The van der Waals surface area contributed by atoms with E-state index >= 15 is 0 Å². The van der Waals surface area contributed by atoms with Crippen molar-refractivity contribution in [3.8, 4) is 0 Å². The molecule has 2 aromatic rings. The lowest BCUT2D eigenvalue weighted by Gasteiger charge is -2.18. The van der Waals surface area contributed by atoms with Gasteiger partial charge in [0.25, 0.3) is 5.91 Å². The van der Waals surface area contributed by atoms with Crippen LogP contribution in [0.1, 0.15) is 33.5 Å². The summed E-state index contributed by atoms with van der Waals surface area (Å²) >= 11 is 0. The molecular weight excluding hydrogens is 260 g/mol. The minimum absolute atomic E-state index is 0.0444. The summed E-state index contributed by atoms with van der Waals surface area (Å²) in [5, 5.41) is 6.38. The van der Waals surface area contributed by atoms with Crippen LogP contribution in [0.15, 0.2) is 36.4 Å². The number of benzene rings is 2. The zero-order valence-corrected chi connectivity index (χ0v) is 12.5. The molecule has 1 aliphatic heterocycles. The van der Waals surface area contributed by atoms with Gasteiger partial charge in [-0.05, 0) is 67.6 Å². The van der Waals surface area contributed by atoms with Crippen LogP contribution in [0.4, 0.5) is 11.4 Å². The third kappa shape index (κ3) is 2.92. The molecule has 0 saturated carbocycles. The predicted molar refractivity (Wildman–Crippen MR) is 87.1 cm³/mol. The first-order chi connectivity index (χ1) is 10.1. The van der Waals surface area contributed by atoms with Crippen molar-refractivity contribution in [1.29, 1.82) is 0 Å². The molecule has 21 heavy (non-hydrogen) atoms. The predicted octanol–water partition coefficient (Wildman–Crippen LogP) is 3.91. The molecule has 0 unspecified atom stereocenters. The monoisotopic (exact) mass is 280 g/mol.